The minimum Gasteiger partial charge on any atom is -0.463 e. The van der Waals surface area contributed by atoms with E-state index in [-0.39, 0.29) is 45.7 Å². The Morgan fingerprint density at radius 2 is 0.763 bits per heavy atom. The van der Waals surface area contributed by atoms with E-state index in [1.807, 2.05) is 121 Å². The van der Waals surface area contributed by atoms with Crippen LogP contribution >= 0.6 is 0 Å². The standard InChI is InChI=1S/C83H124O14/c1-6-8-10-12-14-16-18-20-22-23-25-27-29-31-33-35-49-59-73(58-48-34-32-30-28-26-24-21-19-17-15-13-11-9-7-2)94-83-81(93-68(5)86)79(92-67(4)85)77(74(95-83)64-87-60-69-50-40-36-41-51-69)97-82-80(91-63-72-56-46-39-47-57-72)78(90-62-71-54-44-38-45-55-71)76(75(96-82)65-88-66(3)84)89-61-70-52-42-37-43-53-70/h35-47,49-57,73-83H,6-34,48,58-65H2,1-5H3/b49-35+/t73-,74+,75+,76+,77-,78-,79-,80+,81+,82+,83+/m0/s1. The van der Waals surface area contributed by atoms with Crippen LogP contribution in [0.25, 0.3) is 0 Å². The number of unbranched alkanes of at least 4 members (excludes halogenated alkanes) is 28. The molecule has 14 heteroatoms. The predicted octanol–water partition coefficient (Wildman–Crippen LogP) is 19.7. The Kier molecular flexibility index (Phi) is 42.4. The van der Waals surface area contributed by atoms with E-state index in [0.29, 0.717) is 6.42 Å². The van der Waals surface area contributed by atoms with Gasteiger partial charge >= 0.3 is 17.9 Å². The molecule has 0 aliphatic carbocycles. The summed E-state index contributed by atoms with van der Waals surface area (Å²) < 4.78 is 74.4. The molecule has 4 aromatic carbocycles. The average Bonchev–Trinajstić information content (AvgIpc) is 0.772. The number of ether oxygens (including phenoxy) is 11. The Bertz CT molecular complexity index is 2620. The first kappa shape index (κ1) is 80.7. The molecule has 0 spiro atoms. The SMILES string of the molecule is CCCCCCCCCCCCCCCC/C=C/C[C@H](CCCCCCCCCCCCCCCCC)O[C@@H]1O[C@H](COCc2ccccc2)[C@H](O[C@H]2O[C@H](COC(C)=O)[C@@H](OCc3ccccc3)[C@H](OCc3ccccc3)[C@H]2OCc2ccccc2)[C@H](OC(C)=O)[C@H]1OC(C)=O. The molecule has 2 aliphatic rings. The monoisotopic (exact) mass is 1340 g/mol. The normalized spacial score (nSPS) is 21.4. The van der Waals surface area contributed by atoms with Gasteiger partial charge in [0.05, 0.1) is 39.1 Å². The highest BCUT2D eigenvalue weighted by Gasteiger charge is 2.56. The maximum atomic E-state index is 13.7. The summed E-state index contributed by atoms with van der Waals surface area (Å²) in [5.74, 6) is -1.79. The Balaban J connectivity index is 1.26. The molecule has 0 amide bonds. The van der Waals surface area contributed by atoms with Crippen molar-refractivity contribution in [2.45, 2.75) is 334 Å². The van der Waals surface area contributed by atoms with E-state index in [9.17, 15) is 14.4 Å². The van der Waals surface area contributed by atoms with E-state index < -0.39 is 79.3 Å². The van der Waals surface area contributed by atoms with Gasteiger partial charge in [-0.15, -0.1) is 0 Å². The van der Waals surface area contributed by atoms with Crippen molar-refractivity contribution < 1.29 is 66.5 Å². The van der Waals surface area contributed by atoms with E-state index in [4.69, 9.17) is 52.1 Å². The Labute approximate surface area is 584 Å². The first-order valence-corrected chi connectivity index (χ1v) is 37.9. The van der Waals surface area contributed by atoms with E-state index in [1.165, 1.54) is 181 Å². The van der Waals surface area contributed by atoms with Gasteiger partial charge in [0, 0.05) is 20.8 Å². The quantitative estimate of drug-likeness (QED) is 0.0178. The average molecular weight is 1350 g/mol. The van der Waals surface area contributed by atoms with Gasteiger partial charge in [0.15, 0.2) is 24.8 Å². The van der Waals surface area contributed by atoms with E-state index in [0.717, 1.165) is 60.8 Å². The van der Waals surface area contributed by atoms with Crippen LogP contribution in [0.3, 0.4) is 0 Å². The highest BCUT2D eigenvalue weighted by Crippen LogP contribution is 2.38. The third-order valence-electron chi connectivity index (χ3n) is 18.5. The number of hydrogen-bond acceptors (Lipinski definition) is 14. The summed E-state index contributed by atoms with van der Waals surface area (Å²) >= 11 is 0. The van der Waals surface area contributed by atoms with Gasteiger partial charge < -0.3 is 52.1 Å². The molecule has 11 atom stereocenters. The number of rotatable bonds is 54. The van der Waals surface area contributed by atoms with Crippen molar-refractivity contribution in [3.8, 4) is 0 Å². The van der Waals surface area contributed by atoms with Crippen molar-refractivity contribution in [2.75, 3.05) is 13.2 Å². The third-order valence-corrected chi connectivity index (χ3v) is 18.5. The molecular weight excluding hydrogens is 1220 g/mol. The highest BCUT2D eigenvalue weighted by molar-refractivity contribution is 5.67. The van der Waals surface area contributed by atoms with Crippen LogP contribution in [0.2, 0.25) is 0 Å². The molecule has 0 unspecified atom stereocenters. The second-order valence-electron chi connectivity index (χ2n) is 27.0. The molecule has 4 aromatic rings. The second-order valence-corrected chi connectivity index (χ2v) is 27.0. The van der Waals surface area contributed by atoms with Gasteiger partial charge in [0.25, 0.3) is 0 Å². The lowest BCUT2D eigenvalue weighted by Crippen LogP contribution is -2.67. The lowest BCUT2D eigenvalue weighted by atomic mass is 9.95. The molecular formula is C83H124O14. The zero-order valence-corrected chi connectivity index (χ0v) is 60.1. The van der Waals surface area contributed by atoms with E-state index in [2.05, 4.69) is 26.0 Å². The van der Waals surface area contributed by atoms with Gasteiger partial charge in [-0.05, 0) is 47.9 Å². The lowest BCUT2D eigenvalue weighted by Gasteiger charge is -2.50. The Hall–Kier alpha value is -5.29. The van der Waals surface area contributed by atoms with Crippen molar-refractivity contribution >= 4 is 17.9 Å². The number of allylic oxidation sites excluding steroid dienone is 1. The molecule has 0 bridgehead atoms. The first-order chi connectivity index (χ1) is 47.6. The molecule has 2 fully saturated rings. The van der Waals surface area contributed by atoms with Crippen molar-refractivity contribution in [1.82, 2.24) is 0 Å². The van der Waals surface area contributed by atoms with Crippen LogP contribution in [-0.2, 0) is 92.9 Å². The van der Waals surface area contributed by atoms with Gasteiger partial charge in [0.1, 0.15) is 43.2 Å². The second kappa shape index (κ2) is 50.9. The van der Waals surface area contributed by atoms with Crippen LogP contribution < -0.4 is 0 Å². The van der Waals surface area contributed by atoms with Gasteiger partial charge in [-0.3, -0.25) is 14.4 Å². The largest absolute Gasteiger partial charge is 0.463 e. The van der Waals surface area contributed by atoms with Crippen LogP contribution in [-0.4, -0.2) is 98.6 Å². The first-order valence-electron chi connectivity index (χ1n) is 37.9. The fraction of sp³-hybridized carbons (Fsp3) is 0.651. The summed E-state index contributed by atoms with van der Waals surface area (Å²) in [5, 5.41) is 0. The number of carbonyl (C=O) groups is 3. The summed E-state index contributed by atoms with van der Waals surface area (Å²) in [5.41, 5.74) is 3.60. The van der Waals surface area contributed by atoms with Gasteiger partial charge in [-0.25, -0.2) is 0 Å². The van der Waals surface area contributed by atoms with Gasteiger partial charge in [-0.2, -0.15) is 0 Å². The van der Waals surface area contributed by atoms with E-state index in [1.54, 1.807) is 0 Å². The molecule has 540 valence electrons. The molecule has 0 N–H and O–H groups in total. The van der Waals surface area contributed by atoms with Crippen molar-refractivity contribution in [3.63, 3.8) is 0 Å². The van der Waals surface area contributed by atoms with Gasteiger partial charge in [-0.1, -0.05) is 327 Å². The van der Waals surface area contributed by atoms with Crippen LogP contribution in [0, 0.1) is 0 Å². The number of benzene rings is 4. The van der Waals surface area contributed by atoms with Gasteiger partial charge in [0.2, 0.25) is 0 Å². The Morgan fingerprint density at radius 1 is 0.381 bits per heavy atom. The Morgan fingerprint density at radius 3 is 1.21 bits per heavy atom. The highest BCUT2D eigenvalue weighted by atomic mass is 16.8. The van der Waals surface area contributed by atoms with Crippen LogP contribution in [0.5, 0.6) is 0 Å². The van der Waals surface area contributed by atoms with Crippen molar-refractivity contribution in [2.24, 2.45) is 0 Å². The number of hydrogen-bond donors (Lipinski definition) is 0. The fourth-order valence-corrected chi connectivity index (χ4v) is 13.1. The summed E-state index contributed by atoms with van der Waals surface area (Å²) in [6.45, 7) is 8.88. The molecule has 0 aromatic heterocycles. The van der Waals surface area contributed by atoms with Crippen LogP contribution in [0.15, 0.2) is 133 Å². The zero-order chi connectivity index (χ0) is 68.6. The maximum absolute atomic E-state index is 13.7. The summed E-state index contributed by atoms with van der Waals surface area (Å²) in [6.07, 6.45) is 32.6. The van der Waals surface area contributed by atoms with Crippen molar-refractivity contribution in [3.05, 3.63) is 156 Å². The molecule has 97 heavy (non-hydrogen) atoms. The number of carbonyl (C=O) groups excluding carboxylic acids is 3. The summed E-state index contributed by atoms with van der Waals surface area (Å²) in [7, 11) is 0. The minimum absolute atomic E-state index is 0.0668. The topological polar surface area (TPSA) is 153 Å². The van der Waals surface area contributed by atoms with Crippen LogP contribution in [0.4, 0.5) is 0 Å². The molecule has 14 nitrogen and oxygen atoms in total. The third kappa shape index (κ3) is 34.1. The fourth-order valence-electron chi connectivity index (χ4n) is 13.1. The van der Waals surface area contributed by atoms with Crippen molar-refractivity contribution in [1.29, 1.82) is 0 Å². The minimum atomic E-state index is -1.34. The van der Waals surface area contributed by atoms with E-state index >= 15 is 0 Å². The predicted molar refractivity (Wildman–Crippen MR) is 384 cm³/mol. The molecule has 2 aliphatic heterocycles. The summed E-state index contributed by atoms with van der Waals surface area (Å²) in [6, 6.07) is 39.1. The molecule has 0 saturated carbocycles. The molecule has 6 rings (SSSR count). The lowest BCUT2D eigenvalue weighted by molar-refractivity contribution is -0.373. The molecule has 2 saturated heterocycles. The smallest absolute Gasteiger partial charge is 0.303 e. The number of esters is 3. The van der Waals surface area contributed by atoms with Crippen LogP contribution in [0.1, 0.15) is 262 Å². The zero-order valence-electron chi connectivity index (χ0n) is 60.1. The molecule has 0 radical (unpaired) electrons. The molecule has 2 heterocycles. The summed E-state index contributed by atoms with van der Waals surface area (Å²) in [4.78, 5) is 40.0. The maximum Gasteiger partial charge on any atom is 0.303 e.